The number of aromatic nitrogens is 2. The van der Waals surface area contributed by atoms with E-state index in [1.165, 1.54) is 0 Å². The molecule has 0 saturated carbocycles. The highest BCUT2D eigenvalue weighted by molar-refractivity contribution is 7.13. The van der Waals surface area contributed by atoms with Gasteiger partial charge in [-0.2, -0.15) is 0 Å². The van der Waals surface area contributed by atoms with Crippen molar-refractivity contribution in [2.45, 2.75) is 6.92 Å². The molecule has 5 aromatic rings. The van der Waals surface area contributed by atoms with Crippen LogP contribution >= 0.6 is 11.3 Å². The number of pyridine rings is 1. The van der Waals surface area contributed by atoms with Crippen molar-refractivity contribution >= 4 is 33.9 Å². The summed E-state index contributed by atoms with van der Waals surface area (Å²) in [5, 5.41) is 6.83. The molecule has 0 saturated heterocycles. The average Bonchev–Trinajstić information content (AvgIpc) is 3.40. The predicted molar refractivity (Wildman–Crippen MR) is 120 cm³/mol. The van der Waals surface area contributed by atoms with Crippen molar-refractivity contribution in [3.63, 3.8) is 0 Å². The number of furan rings is 1. The van der Waals surface area contributed by atoms with Gasteiger partial charge < -0.3 is 9.73 Å². The van der Waals surface area contributed by atoms with Gasteiger partial charge in [0.1, 0.15) is 10.6 Å². The quantitative estimate of drug-likeness (QED) is 0.383. The van der Waals surface area contributed by atoms with E-state index in [4.69, 9.17) is 9.40 Å². The van der Waals surface area contributed by atoms with E-state index in [2.05, 4.69) is 10.3 Å². The van der Waals surface area contributed by atoms with Crippen molar-refractivity contribution in [3.05, 3.63) is 89.8 Å². The number of thiazole rings is 1. The van der Waals surface area contributed by atoms with E-state index in [1.54, 1.807) is 23.7 Å². The first kappa shape index (κ1) is 18.3. The van der Waals surface area contributed by atoms with Gasteiger partial charge in [0.2, 0.25) is 0 Å². The zero-order valence-electron chi connectivity index (χ0n) is 16.1. The molecule has 3 aromatic heterocycles. The van der Waals surface area contributed by atoms with Crippen LogP contribution in [0, 0.1) is 6.92 Å². The summed E-state index contributed by atoms with van der Waals surface area (Å²) in [4.78, 5) is 21.6. The molecule has 0 aliphatic rings. The number of hydrogen-bond donors (Lipinski definition) is 1. The lowest BCUT2D eigenvalue weighted by Gasteiger charge is -2.06. The van der Waals surface area contributed by atoms with Gasteiger partial charge in [-0.3, -0.25) is 9.78 Å². The molecule has 0 fully saturated rings. The monoisotopic (exact) mass is 411 g/mol. The molecule has 0 radical (unpaired) electrons. The van der Waals surface area contributed by atoms with Crippen LogP contribution in [-0.4, -0.2) is 15.9 Å². The van der Waals surface area contributed by atoms with Crippen molar-refractivity contribution in [2.24, 2.45) is 0 Å². The fraction of sp³-hybridized carbons (Fsp3) is 0.0417. The van der Waals surface area contributed by atoms with Crippen molar-refractivity contribution in [1.29, 1.82) is 0 Å². The summed E-state index contributed by atoms with van der Waals surface area (Å²) in [5.41, 5.74) is 5.07. The minimum atomic E-state index is -0.267. The maximum Gasteiger partial charge on any atom is 0.291 e. The van der Waals surface area contributed by atoms with Gasteiger partial charge in [-0.1, -0.05) is 30.3 Å². The molecule has 5 rings (SSSR count). The zero-order valence-corrected chi connectivity index (χ0v) is 16.9. The predicted octanol–water partition coefficient (Wildman–Crippen LogP) is 6.18. The van der Waals surface area contributed by atoms with E-state index < -0.39 is 0 Å². The number of para-hydroxylation sites is 1. The number of benzene rings is 2. The topological polar surface area (TPSA) is 68.0 Å². The lowest BCUT2D eigenvalue weighted by molar-refractivity contribution is 0.0998. The molecule has 0 aliphatic carbocycles. The Labute approximate surface area is 177 Å². The van der Waals surface area contributed by atoms with Crippen molar-refractivity contribution < 1.29 is 9.21 Å². The van der Waals surface area contributed by atoms with Gasteiger partial charge in [0.15, 0.2) is 5.76 Å². The molecule has 5 nitrogen and oxygen atoms in total. The van der Waals surface area contributed by atoms with Crippen LogP contribution in [0.15, 0.2) is 82.9 Å². The number of fused-ring (bicyclic) bond motifs is 1. The van der Waals surface area contributed by atoms with E-state index in [0.29, 0.717) is 17.0 Å². The van der Waals surface area contributed by atoms with Crippen LogP contribution in [0.1, 0.15) is 16.1 Å². The van der Waals surface area contributed by atoms with E-state index in [9.17, 15) is 4.79 Å². The van der Waals surface area contributed by atoms with Gasteiger partial charge in [0.25, 0.3) is 5.91 Å². The molecular formula is C24H17N3O2S. The van der Waals surface area contributed by atoms with Crippen molar-refractivity contribution in [1.82, 2.24) is 9.97 Å². The third-order valence-electron chi connectivity index (χ3n) is 4.90. The van der Waals surface area contributed by atoms with Gasteiger partial charge in [-0.15, -0.1) is 11.3 Å². The molecule has 30 heavy (non-hydrogen) atoms. The standard InChI is InChI=1S/C24H17N3O2S/c1-15-19-7-2-3-8-21(19)29-22(15)23(28)26-18-6-4-5-17(13-18)20-14-30-24(27-20)16-9-11-25-12-10-16/h2-14H,1H3,(H,26,28). The highest BCUT2D eigenvalue weighted by Gasteiger charge is 2.18. The highest BCUT2D eigenvalue weighted by Crippen LogP contribution is 2.30. The van der Waals surface area contributed by atoms with E-state index in [1.807, 2.05) is 73.0 Å². The lowest BCUT2D eigenvalue weighted by Crippen LogP contribution is -2.12. The molecule has 3 heterocycles. The largest absolute Gasteiger partial charge is 0.451 e. The zero-order chi connectivity index (χ0) is 20.5. The number of carbonyl (C=O) groups is 1. The smallest absolute Gasteiger partial charge is 0.291 e. The summed E-state index contributed by atoms with van der Waals surface area (Å²) in [6.07, 6.45) is 3.51. The second-order valence-electron chi connectivity index (χ2n) is 6.86. The average molecular weight is 411 g/mol. The molecule has 1 N–H and O–H groups in total. The maximum absolute atomic E-state index is 12.8. The third-order valence-corrected chi connectivity index (χ3v) is 5.79. The third kappa shape index (κ3) is 3.38. The number of carbonyl (C=O) groups excluding carboxylic acids is 1. The van der Waals surface area contributed by atoms with Gasteiger partial charge in [-0.05, 0) is 37.3 Å². The van der Waals surface area contributed by atoms with Gasteiger partial charge in [0, 0.05) is 45.5 Å². The normalized spacial score (nSPS) is 11.0. The number of aryl methyl sites for hydroxylation is 1. The summed E-state index contributed by atoms with van der Waals surface area (Å²) < 4.78 is 5.77. The highest BCUT2D eigenvalue weighted by atomic mass is 32.1. The molecule has 0 bridgehead atoms. The molecule has 1 amide bonds. The minimum Gasteiger partial charge on any atom is -0.451 e. The first-order valence-corrected chi connectivity index (χ1v) is 10.3. The number of amides is 1. The van der Waals surface area contributed by atoms with Crippen molar-refractivity contribution in [3.8, 4) is 21.8 Å². The number of hydrogen-bond acceptors (Lipinski definition) is 5. The Hall–Kier alpha value is -3.77. The Morgan fingerprint density at radius 3 is 2.67 bits per heavy atom. The Kier molecular flexibility index (Phi) is 4.61. The molecule has 146 valence electrons. The van der Waals surface area contributed by atoms with Crippen LogP contribution in [0.4, 0.5) is 5.69 Å². The molecule has 0 atom stereocenters. The van der Waals surface area contributed by atoms with Crippen LogP contribution < -0.4 is 5.32 Å². The van der Waals surface area contributed by atoms with E-state index in [0.717, 1.165) is 32.8 Å². The summed E-state index contributed by atoms with van der Waals surface area (Å²) in [6.45, 7) is 1.90. The fourth-order valence-electron chi connectivity index (χ4n) is 3.37. The SMILES string of the molecule is Cc1c(C(=O)Nc2cccc(-c3csc(-c4ccncc4)n3)c2)oc2ccccc12. The molecule has 0 spiro atoms. The van der Waals surface area contributed by atoms with Crippen LogP contribution in [-0.2, 0) is 0 Å². The maximum atomic E-state index is 12.8. The minimum absolute atomic E-state index is 0.267. The lowest BCUT2D eigenvalue weighted by atomic mass is 10.1. The summed E-state index contributed by atoms with van der Waals surface area (Å²) in [5.74, 6) is 0.0619. The summed E-state index contributed by atoms with van der Waals surface area (Å²) >= 11 is 1.58. The number of nitrogens with zero attached hydrogens (tertiary/aromatic N) is 2. The number of nitrogens with one attached hydrogen (secondary N) is 1. The first-order valence-electron chi connectivity index (χ1n) is 9.45. The second kappa shape index (κ2) is 7.57. The molecule has 0 unspecified atom stereocenters. The fourth-order valence-corrected chi connectivity index (χ4v) is 4.20. The molecule has 2 aromatic carbocycles. The van der Waals surface area contributed by atoms with Crippen molar-refractivity contribution in [2.75, 3.05) is 5.32 Å². The Morgan fingerprint density at radius 1 is 1.00 bits per heavy atom. The van der Waals surface area contributed by atoms with Gasteiger partial charge in [0.05, 0.1) is 5.69 Å². The molecular weight excluding hydrogens is 394 g/mol. The van der Waals surface area contributed by atoms with Crippen LogP contribution in [0.5, 0.6) is 0 Å². The van der Waals surface area contributed by atoms with Gasteiger partial charge >= 0.3 is 0 Å². The molecule has 6 heteroatoms. The van der Waals surface area contributed by atoms with E-state index >= 15 is 0 Å². The van der Waals surface area contributed by atoms with Crippen LogP contribution in [0.2, 0.25) is 0 Å². The van der Waals surface area contributed by atoms with Crippen LogP contribution in [0.25, 0.3) is 32.8 Å². The summed E-state index contributed by atoms with van der Waals surface area (Å²) in [7, 11) is 0. The first-order chi connectivity index (χ1) is 14.7. The van der Waals surface area contributed by atoms with E-state index in [-0.39, 0.29) is 5.91 Å². The van der Waals surface area contributed by atoms with Crippen LogP contribution in [0.3, 0.4) is 0 Å². The Morgan fingerprint density at radius 2 is 1.83 bits per heavy atom. The Balaban J connectivity index is 1.41. The second-order valence-corrected chi connectivity index (χ2v) is 7.72. The number of anilines is 1. The van der Waals surface area contributed by atoms with Gasteiger partial charge in [-0.25, -0.2) is 4.98 Å². The number of rotatable bonds is 4. The Bertz CT molecular complexity index is 1360. The molecule has 0 aliphatic heterocycles. The summed E-state index contributed by atoms with van der Waals surface area (Å²) in [6, 6.07) is 19.2.